The molecule has 0 unspecified atom stereocenters. The highest BCUT2D eigenvalue weighted by Gasteiger charge is 2.13. The lowest BCUT2D eigenvalue weighted by Gasteiger charge is -2.32. The van der Waals surface area contributed by atoms with Crippen LogP contribution in [0.4, 0.5) is 5.69 Å². The molecule has 31 heavy (non-hydrogen) atoms. The molecule has 2 N–H and O–H groups in total. The van der Waals surface area contributed by atoms with Crippen LogP contribution in [0.15, 0.2) is 64.5 Å². The Bertz CT molecular complexity index is 1280. The van der Waals surface area contributed by atoms with Crippen molar-refractivity contribution >= 4 is 33.7 Å². The maximum atomic E-state index is 12.5. The molecule has 0 atom stereocenters. The molecule has 0 saturated carbocycles. The summed E-state index contributed by atoms with van der Waals surface area (Å²) in [6, 6.07) is 16.2. The Balaban J connectivity index is 1.33. The van der Waals surface area contributed by atoms with Crippen molar-refractivity contribution in [2.24, 2.45) is 4.99 Å². The molecule has 6 heteroatoms. The lowest BCUT2D eigenvalue weighted by Crippen LogP contribution is -2.45. The second-order valence-electron chi connectivity index (χ2n) is 8.31. The van der Waals surface area contributed by atoms with Gasteiger partial charge in [0.15, 0.2) is 0 Å². The van der Waals surface area contributed by atoms with Gasteiger partial charge in [-0.15, -0.1) is 0 Å². The van der Waals surface area contributed by atoms with Crippen LogP contribution in [0.25, 0.3) is 21.8 Å². The van der Waals surface area contributed by atoms with Gasteiger partial charge >= 0.3 is 0 Å². The van der Waals surface area contributed by atoms with Crippen LogP contribution in [0.2, 0.25) is 0 Å². The fourth-order valence-corrected chi connectivity index (χ4v) is 4.27. The van der Waals surface area contributed by atoms with E-state index in [2.05, 4.69) is 43.9 Å². The summed E-state index contributed by atoms with van der Waals surface area (Å²) in [6.07, 6.45) is 4.62. The minimum absolute atomic E-state index is 0.112. The highest BCUT2D eigenvalue weighted by molar-refractivity contribution is 6.13. The molecule has 0 radical (unpaired) electrons. The standard InChI is InChI=1S/C25H27N5O/c1-29-13-15-30(16-14-29)12-10-18-4-6-19(7-5-18)27-17-21-24-20-3-2-11-26-22(20)8-9-23(24)28-25(21)31/h2-9,11,17,26H,10,12-16H2,1H3,(H,28,31). The predicted molar refractivity (Wildman–Crippen MR) is 128 cm³/mol. The first-order valence-electron chi connectivity index (χ1n) is 10.8. The average Bonchev–Trinajstić information content (AvgIpc) is 3.13. The number of hydrogen-bond donors (Lipinski definition) is 2. The predicted octanol–water partition coefficient (Wildman–Crippen LogP) is 3.55. The van der Waals surface area contributed by atoms with Crippen molar-refractivity contribution in [3.63, 3.8) is 0 Å². The zero-order valence-corrected chi connectivity index (χ0v) is 17.8. The van der Waals surface area contributed by atoms with Crippen LogP contribution in [0.3, 0.4) is 0 Å². The zero-order valence-electron chi connectivity index (χ0n) is 17.8. The van der Waals surface area contributed by atoms with Crippen LogP contribution in [0, 0.1) is 0 Å². The van der Waals surface area contributed by atoms with Gasteiger partial charge in [0.1, 0.15) is 0 Å². The fraction of sp³-hybridized carbons (Fsp3) is 0.280. The fourth-order valence-electron chi connectivity index (χ4n) is 4.27. The Labute approximate surface area is 181 Å². The summed E-state index contributed by atoms with van der Waals surface area (Å²) < 4.78 is 0. The molecule has 6 nitrogen and oxygen atoms in total. The Morgan fingerprint density at radius 1 is 1.00 bits per heavy atom. The molecule has 2 aromatic heterocycles. The first-order chi connectivity index (χ1) is 15.2. The zero-order chi connectivity index (χ0) is 21.2. The smallest absolute Gasteiger partial charge is 0.257 e. The number of likely N-dealkylation sites (N-methyl/N-ethyl adjacent to an activating group) is 1. The van der Waals surface area contributed by atoms with E-state index in [1.807, 2.05) is 42.6 Å². The first-order valence-corrected chi connectivity index (χ1v) is 10.8. The van der Waals surface area contributed by atoms with E-state index in [1.165, 1.54) is 5.56 Å². The van der Waals surface area contributed by atoms with Gasteiger partial charge in [-0.05, 0) is 49.4 Å². The molecule has 0 bridgehead atoms. The Morgan fingerprint density at radius 3 is 2.58 bits per heavy atom. The lowest BCUT2D eigenvalue weighted by molar-refractivity contribution is 0.155. The molecule has 3 heterocycles. The van der Waals surface area contributed by atoms with Crippen LogP contribution < -0.4 is 5.56 Å². The van der Waals surface area contributed by atoms with Crippen LogP contribution in [-0.2, 0) is 6.42 Å². The molecule has 1 aliphatic rings. The van der Waals surface area contributed by atoms with Gasteiger partial charge in [0.05, 0.1) is 11.3 Å². The van der Waals surface area contributed by atoms with E-state index < -0.39 is 0 Å². The lowest BCUT2D eigenvalue weighted by atomic mass is 10.1. The highest BCUT2D eigenvalue weighted by atomic mass is 16.1. The number of aromatic amines is 2. The number of benzene rings is 2. The molecular weight excluding hydrogens is 386 g/mol. The molecule has 1 aliphatic heterocycles. The number of aromatic nitrogens is 2. The Hall–Kier alpha value is -3.22. The number of nitrogens with one attached hydrogen (secondary N) is 2. The number of rotatable bonds is 5. The van der Waals surface area contributed by atoms with E-state index in [-0.39, 0.29) is 5.56 Å². The van der Waals surface area contributed by atoms with Crippen molar-refractivity contribution in [1.29, 1.82) is 0 Å². The normalized spacial score (nSPS) is 16.0. The molecule has 0 aliphatic carbocycles. The summed E-state index contributed by atoms with van der Waals surface area (Å²) >= 11 is 0. The number of H-pyrrole nitrogens is 2. The maximum absolute atomic E-state index is 12.5. The molecule has 1 fully saturated rings. The summed E-state index contributed by atoms with van der Waals surface area (Å²) in [7, 11) is 2.18. The highest BCUT2D eigenvalue weighted by Crippen LogP contribution is 2.24. The number of pyridine rings is 1. The number of fused-ring (bicyclic) bond motifs is 3. The quantitative estimate of drug-likeness (QED) is 0.492. The molecule has 4 aromatic rings. The number of hydrogen-bond acceptors (Lipinski definition) is 4. The molecular formula is C25H27N5O. The summed E-state index contributed by atoms with van der Waals surface area (Å²) in [6.45, 7) is 5.68. The minimum Gasteiger partial charge on any atom is -0.361 e. The van der Waals surface area contributed by atoms with E-state index >= 15 is 0 Å². The third kappa shape index (κ3) is 4.17. The average molecular weight is 414 g/mol. The van der Waals surface area contributed by atoms with Crippen molar-refractivity contribution < 1.29 is 0 Å². The van der Waals surface area contributed by atoms with Gasteiger partial charge in [0.25, 0.3) is 5.56 Å². The third-order valence-corrected chi connectivity index (χ3v) is 6.20. The van der Waals surface area contributed by atoms with Crippen LogP contribution >= 0.6 is 0 Å². The summed E-state index contributed by atoms with van der Waals surface area (Å²) in [5.41, 5.74) is 4.48. The largest absolute Gasteiger partial charge is 0.361 e. The number of piperazine rings is 1. The van der Waals surface area contributed by atoms with Crippen LogP contribution in [0.5, 0.6) is 0 Å². The molecule has 158 valence electrons. The molecule has 0 spiro atoms. The monoisotopic (exact) mass is 413 g/mol. The van der Waals surface area contributed by atoms with Crippen molar-refractivity contribution in [2.45, 2.75) is 6.42 Å². The first kappa shape index (κ1) is 19.7. The van der Waals surface area contributed by atoms with Gasteiger partial charge in [0.2, 0.25) is 0 Å². The van der Waals surface area contributed by atoms with Gasteiger partial charge in [-0.25, -0.2) is 0 Å². The Kier molecular flexibility index (Phi) is 5.40. The topological polar surface area (TPSA) is 67.5 Å². The van der Waals surface area contributed by atoms with Gasteiger partial charge < -0.3 is 19.8 Å². The minimum atomic E-state index is -0.112. The van der Waals surface area contributed by atoms with Crippen LogP contribution in [-0.4, -0.2) is 65.8 Å². The summed E-state index contributed by atoms with van der Waals surface area (Å²) in [5.74, 6) is 0. The van der Waals surface area contributed by atoms with Crippen LogP contribution in [0.1, 0.15) is 11.1 Å². The van der Waals surface area contributed by atoms with Crippen molar-refractivity contribution in [3.8, 4) is 0 Å². The third-order valence-electron chi connectivity index (χ3n) is 6.20. The number of aliphatic imine (C=N–C) groups is 1. The summed E-state index contributed by atoms with van der Waals surface area (Å²) in [4.78, 5) is 28.2. The molecule has 0 amide bonds. The summed E-state index contributed by atoms with van der Waals surface area (Å²) in [5, 5.41) is 1.92. The Morgan fingerprint density at radius 2 is 1.77 bits per heavy atom. The van der Waals surface area contributed by atoms with E-state index in [9.17, 15) is 4.79 Å². The maximum Gasteiger partial charge on any atom is 0.257 e. The van der Waals surface area contributed by atoms with Crippen molar-refractivity contribution in [2.75, 3.05) is 39.8 Å². The molecule has 5 rings (SSSR count). The molecule has 2 aromatic carbocycles. The van der Waals surface area contributed by atoms with Gasteiger partial charge in [-0.3, -0.25) is 9.79 Å². The van der Waals surface area contributed by atoms with Gasteiger partial charge in [0, 0.05) is 66.9 Å². The number of nitrogens with zero attached hydrogens (tertiary/aromatic N) is 3. The van der Waals surface area contributed by atoms with E-state index in [1.54, 1.807) is 6.21 Å². The SMILES string of the molecule is CN1CCN(CCc2ccc(N=Cc3c(=O)[nH]c4ccc5[nH]cccc5c34)cc2)CC1. The van der Waals surface area contributed by atoms with Crippen molar-refractivity contribution in [3.05, 3.63) is 76.2 Å². The second kappa shape index (κ2) is 8.49. The van der Waals surface area contributed by atoms with E-state index in [4.69, 9.17) is 0 Å². The molecule has 1 saturated heterocycles. The van der Waals surface area contributed by atoms with E-state index in [0.29, 0.717) is 5.56 Å². The van der Waals surface area contributed by atoms with Gasteiger partial charge in [-0.2, -0.15) is 0 Å². The van der Waals surface area contributed by atoms with Crippen molar-refractivity contribution in [1.82, 2.24) is 19.8 Å². The van der Waals surface area contributed by atoms with Gasteiger partial charge in [-0.1, -0.05) is 18.2 Å². The second-order valence-corrected chi connectivity index (χ2v) is 8.31. The van der Waals surface area contributed by atoms with E-state index in [0.717, 1.165) is 66.6 Å².